The summed E-state index contributed by atoms with van der Waals surface area (Å²) in [6, 6.07) is 9.01. The highest BCUT2D eigenvalue weighted by Crippen LogP contribution is 2.15. The van der Waals surface area contributed by atoms with Crippen LogP contribution < -0.4 is 5.32 Å². The molecule has 5 heteroatoms. The average Bonchev–Trinajstić information content (AvgIpc) is 2.55. The van der Waals surface area contributed by atoms with Crippen molar-refractivity contribution < 1.29 is 9.59 Å². The van der Waals surface area contributed by atoms with Crippen LogP contribution in [0.3, 0.4) is 0 Å². The van der Waals surface area contributed by atoms with Crippen molar-refractivity contribution in [2.45, 2.75) is 27.7 Å². The first-order valence-electron chi connectivity index (χ1n) is 8.09. The average molecular weight is 325 g/mol. The van der Waals surface area contributed by atoms with Gasteiger partial charge in [-0.05, 0) is 63.1 Å². The van der Waals surface area contributed by atoms with Crippen molar-refractivity contribution in [3.05, 3.63) is 58.9 Å². The number of pyridine rings is 1. The monoisotopic (exact) mass is 325 g/mol. The lowest BCUT2D eigenvalue weighted by Crippen LogP contribution is -2.30. The third-order valence-corrected chi connectivity index (χ3v) is 3.77. The highest BCUT2D eigenvalue weighted by molar-refractivity contribution is 6.04. The molecule has 2 rings (SSSR count). The molecule has 1 aromatic carbocycles. The first kappa shape index (κ1) is 17.7. The summed E-state index contributed by atoms with van der Waals surface area (Å²) < 4.78 is 0. The second kappa shape index (κ2) is 7.73. The van der Waals surface area contributed by atoms with Gasteiger partial charge in [-0.15, -0.1) is 0 Å². The molecule has 0 saturated carbocycles. The van der Waals surface area contributed by atoms with Crippen LogP contribution in [0.25, 0.3) is 0 Å². The van der Waals surface area contributed by atoms with E-state index in [2.05, 4.69) is 10.3 Å². The molecule has 0 aliphatic carbocycles. The van der Waals surface area contributed by atoms with Crippen molar-refractivity contribution >= 4 is 17.5 Å². The van der Waals surface area contributed by atoms with Gasteiger partial charge in [0, 0.05) is 30.5 Å². The summed E-state index contributed by atoms with van der Waals surface area (Å²) in [5.41, 5.74) is 3.57. The summed E-state index contributed by atoms with van der Waals surface area (Å²) in [5.74, 6) is -0.419. The van der Waals surface area contributed by atoms with Crippen LogP contribution in [-0.4, -0.2) is 34.8 Å². The number of benzene rings is 1. The maximum Gasteiger partial charge on any atom is 0.274 e. The van der Waals surface area contributed by atoms with Crippen molar-refractivity contribution in [1.82, 2.24) is 9.88 Å². The molecular formula is C19H23N3O2. The van der Waals surface area contributed by atoms with E-state index in [9.17, 15) is 9.59 Å². The number of carbonyl (C=O) groups excluding carboxylic acids is 2. The second-order valence-corrected chi connectivity index (χ2v) is 5.74. The number of aromatic nitrogens is 1. The SMILES string of the molecule is CCN(CC)C(=O)c1ccnc(C(=O)Nc2cc(C)cc(C)c2)c1. The number of hydrogen-bond acceptors (Lipinski definition) is 3. The van der Waals surface area contributed by atoms with Crippen LogP contribution in [0.2, 0.25) is 0 Å². The number of rotatable bonds is 5. The molecule has 5 nitrogen and oxygen atoms in total. The smallest absolute Gasteiger partial charge is 0.274 e. The Bertz CT molecular complexity index is 732. The van der Waals surface area contributed by atoms with E-state index in [1.165, 1.54) is 6.20 Å². The number of aryl methyl sites for hydroxylation is 2. The van der Waals surface area contributed by atoms with Gasteiger partial charge in [-0.3, -0.25) is 14.6 Å². The summed E-state index contributed by atoms with van der Waals surface area (Å²) in [5, 5.41) is 2.84. The van der Waals surface area contributed by atoms with E-state index in [0.717, 1.165) is 16.8 Å². The third-order valence-electron chi connectivity index (χ3n) is 3.77. The Morgan fingerprint density at radius 2 is 1.67 bits per heavy atom. The zero-order valence-corrected chi connectivity index (χ0v) is 14.6. The van der Waals surface area contributed by atoms with Gasteiger partial charge in [-0.2, -0.15) is 0 Å². The Morgan fingerprint density at radius 1 is 1.04 bits per heavy atom. The number of hydrogen-bond donors (Lipinski definition) is 1. The van der Waals surface area contributed by atoms with Crippen LogP contribution in [0.1, 0.15) is 45.8 Å². The minimum absolute atomic E-state index is 0.0946. The Balaban J connectivity index is 2.21. The lowest BCUT2D eigenvalue weighted by atomic mass is 10.1. The van der Waals surface area contributed by atoms with Gasteiger partial charge in [0.15, 0.2) is 0 Å². The van der Waals surface area contributed by atoms with E-state index >= 15 is 0 Å². The van der Waals surface area contributed by atoms with Crippen LogP contribution in [0.5, 0.6) is 0 Å². The van der Waals surface area contributed by atoms with Gasteiger partial charge in [0.05, 0.1) is 0 Å². The molecule has 1 aromatic heterocycles. The van der Waals surface area contributed by atoms with Crippen molar-refractivity contribution in [2.24, 2.45) is 0 Å². The summed E-state index contributed by atoms with van der Waals surface area (Å²) in [4.78, 5) is 30.6. The first-order valence-corrected chi connectivity index (χ1v) is 8.09. The minimum Gasteiger partial charge on any atom is -0.339 e. The van der Waals surface area contributed by atoms with Crippen molar-refractivity contribution in [1.29, 1.82) is 0 Å². The topological polar surface area (TPSA) is 62.3 Å². The fourth-order valence-corrected chi connectivity index (χ4v) is 2.62. The lowest BCUT2D eigenvalue weighted by molar-refractivity contribution is 0.0773. The molecule has 2 aromatic rings. The molecule has 24 heavy (non-hydrogen) atoms. The molecule has 126 valence electrons. The van der Waals surface area contributed by atoms with Gasteiger partial charge in [0.1, 0.15) is 5.69 Å². The molecule has 0 radical (unpaired) electrons. The van der Waals surface area contributed by atoms with Crippen LogP contribution in [-0.2, 0) is 0 Å². The third kappa shape index (κ3) is 4.19. The van der Waals surface area contributed by atoms with Gasteiger partial charge >= 0.3 is 0 Å². The molecule has 0 spiro atoms. The molecular weight excluding hydrogens is 302 g/mol. The highest BCUT2D eigenvalue weighted by Gasteiger charge is 2.15. The van der Waals surface area contributed by atoms with Gasteiger partial charge < -0.3 is 10.2 Å². The van der Waals surface area contributed by atoms with Crippen molar-refractivity contribution in [2.75, 3.05) is 18.4 Å². The number of carbonyl (C=O) groups is 2. The fourth-order valence-electron chi connectivity index (χ4n) is 2.62. The second-order valence-electron chi connectivity index (χ2n) is 5.74. The maximum atomic E-state index is 12.4. The largest absolute Gasteiger partial charge is 0.339 e. The zero-order chi connectivity index (χ0) is 17.7. The fraction of sp³-hybridized carbons (Fsp3) is 0.316. The Hall–Kier alpha value is -2.69. The minimum atomic E-state index is -0.325. The highest BCUT2D eigenvalue weighted by atomic mass is 16.2. The van der Waals surface area contributed by atoms with Crippen LogP contribution in [0, 0.1) is 13.8 Å². The predicted molar refractivity (Wildman–Crippen MR) is 95.4 cm³/mol. The van der Waals surface area contributed by atoms with Crippen molar-refractivity contribution in [3.8, 4) is 0 Å². The van der Waals surface area contributed by atoms with E-state index in [4.69, 9.17) is 0 Å². The van der Waals surface area contributed by atoms with E-state index in [1.807, 2.05) is 45.9 Å². The molecule has 1 heterocycles. The van der Waals surface area contributed by atoms with E-state index < -0.39 is 0 Å². The summed E-state index contributed by atoms with van der Waals surface area (Å²) in [6.45, 7) is 9.06. The van der Waals surface area contributed by atoms with Crippen molar-refractivity contribution in [3.63, 3.8) is 0 Å². The summed E-state index contributed by atoms with van der Waals surface area (Å²) >= 11 is 0. The summed E-state index contributed by atoms with van der Waals surface area (Å²) in [7, 11) is 0. The number of amides is 2. The molecule has 0 aliphatic heterocycles. The molecule has 0 bridgehead atoms. The van der Waals surface area contributed by atoms with Gasteiger partial charge in [-0.25, -0.2) is 0 Å². The predicted octanol–water partition coefficient (Wildman–Crippen LogP) is 3.43. The number of anilines is 1. The normalized spacial score (nSPS) is 10.3. The van der Waals surface area contributed by atoms with Gasteiger partial charge in [0.2, 0.25) is 0 Å². The van der Waals surface area contributed by atoms with Gasteiger partial charge in [0.25, 0.3) is 11.8 Å². The number of nitrogens with one attached hydrogen (secondary N) is 1. The quantitative estimate of drug-likeness (QED) is 0.916. The molecule has 1 N–H and O–H groups in total. The molecule has 0 unspecified atom stereocenters. The molecule has 2 amide bonds. The van der Waals surface area contributed by atoms with E-state index in [1.54, 1.807) is 17.0 Å². The maximum absolute atomic E-state index is 12.4. The van der Waals surface area contributed by atoms with E-state index in [-0.39, 0.29) is 17.5 Å². The Labute approximate surface area is 142 Å². The standard InChI is InChI=1S/C19H23N3O2/c1-5-22(6-2)19(24)15-7-8-20-17(12-15)18(23)21-16-10-13(3)9-14(4)11-16/h7-12H,5-6H2,1-4H3,(H,21,23). The summed E-state index contributed by atoms with van der Waals surface area (Å²) in [6.07, 6.45) is 1.49. The van der Waals surface area contributed by atoms with Crippen LogP contribution in [0.4, 0.5) is 5.69 Å². The molecule has 0 aliphatic rings. The Morgan fingerprint density at radius 3 is 2.25 bits per heavy atom. The van der Waals surface area contributed by atoms with Crippen LogP contribution >= 0.6 is 0 Å². The van der Waals surface area contributed by atoms with Crippen LogP contribution in [0.15, 0.2) is 36.5 Å². The molecule has 0 atom stereocenters. The zero-order valence-electron chi connectivity index (χ0n) is 14.6. The first-order chi connectivity index (χ1) is 11.4. The molecule has 0 saturated heterocycles. The Kier molecular flexibility index (Phi) is 5.68. The lowest BCUT2D eigenvalue weighted by Gasteiger charge is -2.18. The number of nitrogens with zero attached hydrogens (tertiary/aromatic N) is 2. The van der Waals surface area contributed by atoms with Gasteiger partial charge in [-0.1, -0.05) is 6.07 Å². The molecule has 0 fully saturated rings. The van der Waals surface area contributed by atoms with E-state index in [0.29, 0.717) is 18.7 Å².